The van der Waals surface area contributed by atoms with Crippen molar-refractivity contribution in [2.24, 2.45) is 7.05 Å². The smallest absolute Gasteiger partial charge is 0.407 e. The van der Waals surface area contributed by atoms with E-state index in [1.54, 1.807) is 32.4 Å². The number of aryl methyl sites for hydroxylation is 1. The van der Waals surface area contributed by atoms with Crippen LogP contribution in [0.4, 0.5) is 4.79 Å². The van der Waals surface area contributed by atoms with Crippen LogP contribution in [0.25, 0.3) is 11.0 Å². The molecule has 0 radical (unpaired) electrons. The molecular weight excluding hydrogens is 332 g/mol. The van der Waals surface area contributed by atoms with Crippen LogP contribution in [0, 0.1) is 11.3 Å². The Balaban J connectivity index is 1.94. The lowest BCUT2D eigenvalue weighted by atomic mass is 10.0. The number of fused-ring (bicyclic) bond motifs is 1. The Morgan fingerprint density at radius 1 is 1.35 bits per heavy atom. The number of carbonyl (C=O) groups is 2. The standard InChI is InChI=1S/C19H24N4O3/c1-19(2,3)26-18(25)21-11-7-10-16(24)13(12-20)17-22-14-8-5-6-9-15(14)23(17)4/h5-6,8-9,13H,7,10-11H2,1-4H3,(H,21,25). The number of nitrogens with one attached hydrogen (secondary N) is 1. The van der Waals surface area contributed by atoms with Crippen LogP contribution in [0.3, 0.4) is 0 Å². The second-order valence-electron chi connectivity index (χ2n) is 7.08. The van der Waals surface area contributed by atoms with Crippen molar-refractivity contribution in [1.29, 1.82) is 5.26 Å². The van der Waals surface area contributed by atoms with E-state index in [0.29, 0.717) is 18.8 Å². The molecule has 0 spiro atoms. The number of aromatic nitrogens is 2. The molecule has 0 fully saturated rings. The number of nitrogens with zero attached hydrogens (tertiary/aromatic N) is 3. The first-order valence-corrected chi connectivity index (χ1v) is 8.53. The molecule has 138 valence electrons. The Bertz CT molecular complexity index is 843. The number of benzene rings is 1. The van der Waals surface area contributed by atoms with Crippen molar-refractivity contribution in [3.63, 3.8) is 0 Å². The molecule has 0 aliphatic heterocycles. The van der Waals surface area contributed by atoms with Gasteiger partial charge in [-0.1, -0.05) is 12.1 Å². The van der Waals surface area contributed by atoms with Crippen LogP contribution in [0.15, 0.2) is 24.3 Å². The molecule has 0 saturated heterocycles. The SMILES string of the molecule is Cn1c(C(C#N)C(=O)CCCNC(=O)OC(C)(C)C)nc2ccccc21. The first kappa shape index (κ1) is 19.4. The lowest BCUT2D eigenvalue weighted by Crippen LogP contribution is -2.33. The van der Waals surface area contributed by atoms with Gasteiger partial charge in [-0.15, -0.1) is 0 Å². The third-order valence-corrected chi connectivity index (χ3v) is 3.80. The zero-order valence-electron chi connectivity index (χ0n) is 15.6. The normalized spacial score (nSPS) is 12.4. The lowest BCUT2D eigenvalue weighted by Gasteiger charge is -2.19. The van der Waals surface area contributed by atoms with E-state index in [1.165, 1.54) is 0 Å². The van der Waals surface area contributed by atoms with Crippen molar-refractivity contribution in [3.05, 3.63) is 30.1 Å². The number of amides is 1. The highest BCUT2D eigenvalue weighted by Crippen LogP contribution is 2.22. The highest BCUT2D eigenvalue weighted by Gasteiger charge is 2.25. The van der Waals surface area contributed by atoms with Gasteiger partial charge >= 0.3 is 6.09 Å². The molecule has 1 unspecified atom stereocenters. The summed E-state index contributed by atoms with van der Waals surface area (Å²) in [7, 11) is 1.80. The fraction of sp³-hybridized carbons (Fsp3) is 0.474. The molecule has 1 aromatic heterocycles. The number of carbonyl (C=O) groups excluding carboxylic acids is 2. The van der Waals surface area contributed by atoms with Gasteiger partial charge in [-0.2, -0.15) is 5.26 Å². The van der Waals surface area contributed by atoms with E-state index in [9.17, 15) is 14.9 Å². The molecule has 1 heterocycles. The van der Waals surface area contributed by atoms with Gasteiger partial charge < -0.3 is 14.6 Å². The van der Waals surface area contributed by atoms with Crippen LogP contribution >= 0.6 is 0 Å². The first-order chi connectivity index (χ1) is 12.2. The molecule has 1 atom stereocenters. The largest absolute Gasteiger partial charge is 0.444 e. The Morgan fingerprint density at radius 2 is 2.04 bits per heavy atom. The van der Waals surface area contributed by atoms with E-state index in [0.717, 1.165) is 11.0 Å². The Kier molecular flexibility index (Phi) is 5.98. The minimum absolute atomic E-state index is 0.178. The van der Waals surface area contributed by atoms with Gasteiger partial charge in [0.1, 0.15) is 11.4 Å². The predicted molar refractivity (Wildman–Crippen MR) is 97.5 cm³/mol. The molecule has 2 aromatic rings. The summed E-state index contributed by atoms with van der Waals surface area (Å²) in [5.74, 6) is -0.690. The van der Waals surface area contributed by atoms with Crippen LogP contribution in [0.5, 0.6) is 0 Å². The molecule has 1 amide bonds. The lowest BCUT2D eigenvalue weighted by molar-refractivity contribution is -0.119. The molecule has 26 heavy (non-hydrogen) atoms. The molecule has 1 N–H and O–H groups in total. The van der Waals surface area contributed by atoms with Crippen LogP contribution in [-0.4, -0.2) is 33.6 Å². The van der Waals surface area contributed by atoms with E-state index < -0.39 is 17.6 Å². The minimum atomic E-state index is -0.922. The van der Waals surface area contributed by atoms with Gasteiger partial charge in [0.15, 0.2) is 11.7 Å². The molecular formula is C19H24N4O3. The highest BCUT2D eigenvalue weighted by molar-refractivity contribution is 5.89. The predicted octanol–water partition coefficient (Wildman–Crippen LogP) is 3.05. The third-order valence-electron chi connectivity index (χ3n) is 3.80. The van der Waals surface area contributed by atoms with Gasteiger partial charge in [0.25, 0.3) is 0 Å². The summed E-state index contributed by atoms with van der Waals surface area (Å²) in [4.78, 5) is 28.5. The van der Waals surface area contributed by atoms with Crippen molar-refractivity contribution in [2.45, 2.75) is 45.1 Å². The topological polar surface area (TPSA) is 97.0 Å². The third kappa shape index (κ3) is 4.82. The zero-order chi connectivity index (χ0) is 19.3. The number of Topliss-reactive ketones (excluding diaryl/α,β-unsaturated/α-hetero) is 1. The van der Waals surface area contributed by atoms with E-state index >= 15 is 0 Å². The van der Waals surface area contributed by atoms with Gasteiger partial charge in [-0.05, 0) is 39.3 Å². The van der Waals surface area contributed by atoms with Gasteiger partial charge in [-0.3, -0.25) is 4.79 Å². The second kappa shape index (κ2) is 8.00. The van der Waals surface area contributed by atoms with Crippen molar-refractivity contribution >= 4 is 22.9 Å². The van der Waals surface area contributed by atoms with Crippen LogP contribution in [0.2, 0.25) is 0 Å². The molecule has 7 nitrogen and oxygen atoms in total. The molecule has 2 rings (SSSR count). The average Bonchev–Trinajstić information content (AvgIpc) is 2.88. The first-order valence-electron chi connectivity index (χ1n) is 8.53. The Labute approximate surface area is 153 Å². The maximum Gasteiger partial charge on any atom is 0.407 e. The summed E-state index contributed by atoms with van der Waals surface area (Å²) in [6.07, 6.45) is 0.0920. The number of hydrogen-bond acceptors (Lipinski definition) is 5. The van der Waals surface area contributed by atoms with Crippen LogP contribution < -0.4 is 5.32 Å². The van der Waals surface area contributed by atoms with Crippen LogP contribution in [-0.2, 0) is 16.6 Å². The highest BCUT2D eigenvalue weighted by atomic mass is 16.6. The maximum atomic E-state index is 12.5. The average molecular weight is 356 g/mol. The van der Waals surface area contributed by atoms with Crippen molar-refractivity contribution in [2.75, 3.05) is 6.54 Å². The number of imidazole rings is 1. The quantitative estimate of drug-likeness (QED) is 0.802. The van der Waals surface area contributed by atoms with E-state index in [4.69, 9.17) is 4.74 Å². The summed E-state index contributed by atoms with van der Waals surface area (Å²) in [5.41, 5.74) is 1.07. The molecule has 0 saturated carbocycles. The summed E-state index contributed by atoms with van der Waals surface area (Å²) in [6.45, 7) is 5.65. The van der Waals surface area contributed by atoms with Gasteiger partial charge in [0.05, 0.1) is 17.1 Å². The van der Waals surface area contributed by atoms with Gasteiger partial charge in [-0.25, -0.2) is 9.78 Å². The van der Waals surface area contributed by atoms with E-state index in [2.05, 4.69) is 16.4 Å². The Hall–Kier alpha value is -2.88. The minimum Gasteiger partial charge on any atom is -0.444 e. The number of ketones is 1. The maximum absolute atomic E-state index is 12.5. The van der Waals surface area contributed by atoms with Gasteiger partial charge in [0, 0.05) is 20.0 Å². The molecule has 0 aliphatic rings. The molecule has 0 bridgehead atoms. The van der Waals surface area contributed by atoms with Crippen molar-refractivity contribution in [1.82, 2.24) is 14.9 Å². The fourth-order valence-corrected chi connectivity index (χ4v) is 2.61. The van der Waals surface area contributed by atoms with Crippen molar-refractivity contribution in [3.8, 4) is 6.07 Å². The number of para-hydroxylation sites is 2. The zero-order valence-corrected chi connectivity index (χ0v) is 15.6. The Morgan fingerprint density at radius 3 is 2.65 bits per heavy atom. The van der Waals surface area contributed by atoms with Crippen LogP contribution in [0.1, 0.15) is 45.4 Å². The number of hydrogen-bond donors (Lipinski definition) is 1. The summed E-state index contributed by atoms with van der Waals surface area (Å²) in [5, 5.41) is 12.1. The summed E-state index contributed by atoms with van der Waals surface area (Å²) < 4.78 is 6.91. The van der Waals surface area contributed by atoms with Gasteiger partial charge in [0.2, 0.25) is 0 Å². The monoisotopic (exact) mass is 356 g/mol. The van der Waals surface area contributed by atoms with Crippen molar-refractivity contribution < 1.29 is 14.3 Å². The number of ether oxygens (including phenoxy) is 1. The number of rotatable bonds is 6. The summed E-state index contributed by atoms with van der Waals surface area (Å²) >= 11 is 0. The molecule has 0 aliphatic carbocycles. The number of alkyl carbamates (subject to hydrolysis) is 1. The second-order valence-corrected chi connectivity index (χ2v) is 7.08. The van der Waals surface area contributed by atoms with E-state index in [1.807, 2.05) is 24.3 Å². The fourth-order valence-electron chi connectivity index (χ4n) is 2.61. The molecule has 1 aromatic carbocycles. The number of nitriles is 1. The molecule has 7 heteroatoms. The summed E-state index contributed by atoms with van der Waals surface area (Å²) in [6, 6.07) is 9.56. The van der Waals surface area contributed by atoms with E-state index in [-0.39, 0.29) is 12.2 Å².